The third kappa shape index (κ3) is 10.2. The topological polar surface area (TPSA) is 210 Å². The third-order valence-corrected chi connectivity index (χ3v) is 5.74. The summed E-state index contributed by atoms with van der Waals surface area (Å²) in [5.41, 5.74) is 0.438. The van der Waals surface area contributed by atoms with E-state index in [2.05, 4.69) is 20.1 Å². The van der Waals surface area contributed by atoms with Crippen molar-refractivity contribution in [3.63, 3.8) is 0 Å². The minimum Gasteiger partial charge on any atom is -0.463 e. The van der Waals surface area contributed by atoms with E-state index in [0.717, 1.165) is 19.8 Å². The molecular weight excluding hydrogens is 514 g/mol. The molecule has 1 saturated heterocycles. The van der Waals surface area contributed by atoms with Gasteiger partial charge < -0.3 is 35.6 Å². The van der Waals surface area contributed by atoms with Crippen LogP contribution in [0.25, 0.3) is 0 Å². The van der Waals surface area contributed by atoms with Gasteiger partial charge in [0.1, 0.15) is 30.1 Å². The van der Waals surface area contributed by atoms with Gasteiger partial charge in [0, 0.05) is 32.0 Å². The summed E-state index contributed by atoms with van der Waals surface area (Å²) in [5.74, 6) is -0.832. The summed E-state index contributed by atoms with van der Waals surface area (Å²) in [4.78, 5) is 35.4. The summed E-state index contributed by atoms with van der Waals surface area (Å²) in [7, 11) is -5.02. The van der Waals surface area contributed by atoms with E-state index in [1.807, 2.05) is 6.92 Å². The number of nitrogens with one attached hydrogen (secondary N) is 3. The van der Waals surface area contributed by atoms with Crippen LogP contribution in [0.1, 0.15) is 39.5 Å². The first kappa shape index (κ1) is 30.4. The molecule has 15 heteroatoms. The molecule has 1 aliphatic rings. The Bertz CT molecular complexity index is 1020. The van der Waals surface area contributed by atoms with Crippen LogP contribution in [0.15, 0.2) is 24.3 Å². The number of benzene rings is 1. The smallest absolute Gasteiger partial charge is 0.397 e. The van der Waals surface area contributed by atoms with Crippen LogP contribution in [0.4, 0.5) is 5.69 Å². The lowest BCUT2D eigenvalue weighted by molar-refractivity contribution is -0.239. The summed E-state index contributed by atoms with van der Waals surface area (Å²) in [6, 6.07) is 4.65. The fraction of sp³-hybridized carbons (Fsp3) is 0.591. The van der Waals surface area contributed by atoms with Crippen LogP contribution in [0, 0.1) is 0 Å². The number of aliphatic hydroxyl groups excluding tert-OH is 2. The van der Waals surface area contributed by atoms with Crippen molar-refractivity contribution < 1.29 is 51.2 Å². The molecule has 1 heterocycles. The van der Waals surface area contributed by atoms with Gasteiger partial charge in [-0.2, -0.15) is 8.42 Å². The maximum absolute atomic E-state index is 12.1. The van der Waals surface area contributed by atoms with Gasteiger partial charge in [0.05, 0.1) is 6.61 Å². The lowest BCUT2D eigenvalue weighted by Gasteiger charge is -2.43. The van der Waals surface area contributed by atoms with Gasteiger partial charge in [-0.05, 0) is 30.7 Å². The first-order chi connectivity index (χ1) is 17.4. The molecule has 5 atom stereocenters. The van der Waals surface area contributed by atoms with Crippen molar-refractivity contribution in [3.05, 3.63) is 24.3 Å². The number of rotatable bonds is 13. The minimum atomic E-state index is -5.02. The number of ether oxygens (including phenoxy) is 2. The highest BCUT2D eigenvalue weighted by Crippen LogP contribution is 2.27. The third-order valence-electron chi connectivity index (χ3n) is 5.28. The van der Waals surface area contributed by atoms with Crippen molar-refractivity contribution in [1.29, 1.82) is 0 Å². The molecule has 37 heavy (non-hydrogen) atoms. The lowest BCUT2D eigenvalue weighted by atomic mass is 9.97. The van der Waals surface area contributed by atoms with Crippen LogP contribution in [-0.4, -0.2) is 84.7 Å². The standard InChI is InChI=1S/C22H33N3O11S/c1-3-4-5-17(28)23-11-10-18(29)25-14-6-8-15(9-7-14)34-22-19(24-13(2)27)20(30)21(16(12-26)35-22)36-37(31,32)33/h6-9,16,19-22,26,30H,3-5,10-12H2,1-2H3,(H,23,28)(H,24,27)(H,25,29)(H,31,32,33). The predicted octanol–water partition coefficient (Wildman–Crippen LogP) is -0.529. The molecule has 6 N–H and O–H groups in total. The number of carbonyl (C=O) groups excluding carboxylic acids is 3. The maximum atomic E-state index is 12.1. The average molecular weight is 548 g/mol. The molecule has 14 nitrogen and oxygen atoms in total. The predicted molar refractivity (Wildman–Crippen MR) is 129 cm³/mol. The summed E-state index contributed by atoms with van der Waals surface area (Å²) < 4.78 is 47.0. The van der Waals surface area contributed by atoms with Crippen LogP contribution in [-0.2, 0) is 33.7 Å². The van der Waals surface area contributed by atoms with Gasteiger partial charge in [0.2, 0.25) is 24.0 Å². The van der Waals surface area contributed by atoms with Crippen LogP contribution < -0.4 is 20.7 Å². The van der Waals surface area contributed by atoms with Crippen molar-refractivity contribution in [2.45, 2.75) is 70.2 Å². The fourth-order valence-electron chi connectivity index (χ4n) is 3.53. The molecule has 0 spiro atoms. The zero-order valence-electron chi connectivity index (χ0n) is 20.5. The molecule has 1 aromatic carbocycles. The first-order valence-electron chi connectivity index (χ1n) is 11.6. The number of hydrogen-bond acceptors (Lipinski definition) is 10. The normalized spacial score (nSPS) is 23.6. The van der Waals surface area contributed by atoms with Crippen LogP contribution in [0.5, 0.6) is 5.75 Å². The Kier molecular flexibility index (Phi) is 11.7. The van der Waals surface area contributed by atoms with Gasteiger partial charge in [-0.3, -0.25) is 18.9 Å². The second-order valence-corrected chi connectivity index (χ2v) is 9.37. The second kappa shape index (κ2) is 14.2. The highest BCUT2D eigenvalue weighted by molar-refractivity contribution is 7.80. The number of hydrogen-bond donors (Lipinski definition) is 6. The van der Waals surface area contributed by atoms with Gasteiger partial charge in [-0.25, -0.2) is 4.18 Å². The van der Waals surface area contributed by atoms with E-state index < -0.39 is 53.6 Å². The number of unbranched alkanes of at least 4 members (excludes halogenated alkanes) is 1. The molecule has 1 aromatic rings. The second-order valence-electron chi connectivity index (χ2n) is 8.32. The highest BCUT2D eigenvalue weighted by atomic mass is 32.3. The van der Waals surface area contributed by atoms with E-state index in [0.29, 0.717) is 12.1 Å². The van der Waals surface area contributed by atoms with Crippen molar-refractivity contribution in [2.24, 2.45) is 0 Å². The van der Waals surface area contributed by atoms with Gasteiger partial charge in [-0.1, -0.05) is 13.3 Å². The molecule has 1 aliphatic heterocycles. The molecule has 0 aromatic heterocycles. The summed E-state index contributed by atoms with van der Waals surface area (Å²) in [6.45, 7) is 2.53. The molecule has 5 unspecified atom stereocenters. The van der Waals surface area contributed by atoms with Gasteiger partial charge in [0.15, 0.2) is 0 Å². The van der Waals surface area contributed by atoms with Crippen LogP contribution in [0.2, 0.25) is 0 Å². The lowest BCUT2D eigenvalue weighted by Crippen LogP contribution is -2.66. The van der Waals surface area contributed by atoms with Gasteiger partial charge in [0.25, 0.3) is 0 Å². The van der Waals surface area contributed by atoms with Crippen molar-refractivity contribution in [3.8, 4) is 5.75 Å². The van der Waals surface area contributed by atoms with Crippen molar-refractivity contribution >= 4 is 33.8 Å². The average Bonchev–Trinajstić information content (AvgIpc) is 2.82. The maximum Gasteiger partial charge on any atom is 0.397 e. The zero-order chi connectivity index (χ0) is 27.6. The van der Waals surface area contributed by atoms with Crippen LogP contribution >= 0.6 is 0 Å². The van der Waals surface area contributed by atoms with E-state index >= 15 is 0 Å². The number of amides is 3. The van der Waals surface area contributed by atoms with E-state index in [1.165, 1.54) is 24.3 Å². The van der Waals surface area contributed by atoms with Crippen molar-refractivity contribution in [1.82, 2.24) is 10.6 Å². The molecular formula is C22H33N3O11S. The van der Waals surface area contributed by atoms with E-state index in [9.17, 15) is 33.0 Å². The van der Waals surface area contributed by atoms with Gasteiger partial charge in [-0.15, -0.1) is 0 Å². The largest absolute Gasteiger partial charge is 0.463 e. The summed E-state index contributed by atoms with van der Waals surface area (Å²) in [5, 5.41) is 27.9. The number of aliphatic hydroxyl groups is 2. The molecule has 3 amide bonds. The van der Waals surface area contributed by atoms with E-state index in [1.54, 1.807) is 0 Å². The quantitative estimate of drug-likeness (QED) is 0.173. The van der Waals surface area contributed by atoms with Crippen LogP contribution in [0.3, 0.4) is 0 Å². The monoisotopic (exact) mass is 547 g/mol. The first-order valence-corrected chi connectivity index (χ1v) is 13.0. The van der Waals surface area contributed by atoms with E-state index in [4.69, 9.17) is 14.0 Å². The minimum absolute atomic E-state index is 0.0810. The molecule has 0 saturated carbocycles. The Balaban J connectivity index is 2.00. The van der Waals surface area contributed by atoms with Crippen molar-refractivity contribution in [2.75, 3.05) is 18.5 Å². The van der Waals surface area contributed by atoms with Gasteiger partial charge >= 0.3 is 10.4 Å². The Hall–Kier alpha value is -2.82. The summed E-state index contributed by atoms with van der Waals surface area (Å²) in [6.07, 6.45) is -4.10. The fourth-order valence-corrected chi connectivity index (χ4v) is 4.05. The Labute approximate surface area is 214 Å². The van der Waals surface area contributed by atoms with E-state index in [-0.39, 0.29) is 30.5 Å². The molecule has 0 bridgehead atoms. The Morgan fingerprint density at radius 1 is 1.11 bits per heavy atom. The SMILES string of the molecule is CCCCC(=O)NCCC(=O)Nc1ccc(OC2OC(CO)C(OS(=O)(=O)O)C(O)C2NC(C)=O)cc1. The molecule has 2 rings (SSSR count). The zero-order valence-corrected chi connectivity index (χ0v) is 21.3. The summed E-state index contributed by atoms with van der Waals surface area (Å²) >= 11 is 0. The Morgan fingerprint density at radius 3 is 2.35 bits per heavy atom. The molecule has 0 radical (unpaired) electrons. The molecule has 0 aliphatic carbocycles. The Morgan fingerprint density at radius 2 is 1.78 bits per heavy atom. The molecule has 1 fully saturated rings. The molecule has 208 valence electrons. The highest BCUT2D eigenvalue weighted by Gasteiger charge is 2.49. The number of carbonyl (C=O) groups is 3. The number of anilines is 1.